The molecule has 0 aromatic rings. The SMILES string of the molecule is CCOC(=O)C(CCCCl)C(=O)CCCCCl. The number of hydrogen-bond donors (Lipinski definition) is 0. The summed E-state index contributed by atoms with van der Waals surface area (Å²) in [5, 5.41) is 0. The van der Waals surface area contributed by atoms with E-state index in [4.69, 9.17) is 27.9 Å². The Morgan fingerprint density at radius 3 is 2.29 bits per heavy atom. The van der Waals surface area contributed by atoms with Crippen molar-refractivity contribution in [3.05, 3.63) is 0 Å². The zero-order valence-electron chi connectivity index (χ0n) is 10.2. The number of halogens is 2. The Kier molecular flexibility index (Phi) is 10.7. The van der Waals surface area contributed by atoms with Gasteiger partial charge in [-0.1, -0.05) is 0 Å². The van der Waals surface area contributed by atoms with Gasteiger partial charge in [-0.05, 0) is 32.6 Å². The Hall–Kier alpha value is -0.280. The van der Waals surface area contributed by atoms with Crippen LogP contribution in [0.15, 0.2) is 0 Å². The molecule has 0 N–H and O–H groups in total. The number of alkyl halides is 2. The molecule has 0 amide bonds. The number of carbonyl (C=O) groups excluding carboxylic acids is 2. The molecule has 5 heteroatoms. The summed E-state index contributed by atoms with van der Waals surface area (Å²) in [7, 11) is 0. The van der Waals surface area contributed by atoms with Crippen molar-refractivity contribution in [3.8, 4) is 0 Å². The molecule has 0 bridgehead atoms. The van der Waals surface area contributed by atoms with Gasteiger partial charge in [-0.2, -0.15) is 0 Å². The maximum Gasteiger partial charge on any atom is 0.316 e. The molecule has 1 atom stereocenters. The Morgan fingerprint density at radius 2 is 1.76 bits per heavy atom. The zero-order chi connectivity index (χ0) is 13.1. The van der Waals surface area contributed by atoms with E-state index in [1.807, 2.05) is 0 Å². The maximum atomic E-state index is 11.9. The number of unbranched alkanes of at least 4 members (excludes halogenated alkanes) is 1. The monoisotopic (exact) mass is 282 g/mol. The van der Waals surface area contributed by atoms with Crippen molar-refractivity contribution < 1.29 is 14.3 Å². The minimum Gasteiger partial charge on any atom is -0.465 e. The molecule has 0 radical (unpaired) electrons. The van der Waals surface area contributed by atoms with E-state index in [0.717, 1.165) is 12.8 Å². The van der Waals surface area contributed by atoms with Gasteiger partial charge in [0, 0.05) is 18.2 Å². The summed E-state index contributed by atoms with van der Waals surface area (Å²) >= 11 is 11.1. The van der Waals surface area contributed by atoms with Crippen LogP contribution in [0.25, 0.3) is 0 Å². The fourth-order valence-electron chi connectivity index (χ4n) is 1.50. The van der Waals surface area contributed by atoms with Gasteiger partial charge in [0.1, 0.15) is 11.7 Å². The molecule has 3 nitrogen and oxygen atoms in total. The minimum absolute atomic E-state index is 0.0568. The van der Waals surface area contributed by atoms with Crippen LogP contribution in [0.1, 0.15) is 39.0 Å². The van der Waals surface area contributed by atoms with Crippen LogP contribution in [0.5, 0.6) is 0 Å². The van der Waals surface area contributed by atoms with Crippen LogP contribution < -0.4 is 0 Å². The number of Topliss-reactive ketones (excluding diaryl/α,β-unsaturated/α-hetero) is 1. The molecule has 0 aliphatic heterocycles. The summed E-state index contributed by atoms with van der Waals surface area (Å²) in [6.45, 7) is 2.03. The molecule has 0 heterocycles. The van der Waals surface area contributed by atoms with Gasteiger partial charge < -0.3 is 4.74 Å². The fourth-order valence-corrected chi connectivity index (χ4v) is 1.85. The van der Waals surface area contributed by atoms with Gasteiger partial charge in [0.25, 0.3) is 0 Å². The van der Waals surface area contributed by atoms with E-state index in [2.05, 4.69) is 0 Å². The average Bonchev–Trinajstić information content (AvgIpc) is 2.30. The van der Waals surface area contributed by atoms with Gasteiger partial charge >= 0.3 is 5.97 Å². The number of hydrogen-bond acceptors (Lipinski definition) is 3. The van der Waals surface area contributed by atoms with Crippen LogP contribution in [-0.2, 0) is 14.3 Å². The number of esters is 1. The molecule has 0 aliphatic carbocycles. The smallest absolute Gasteiger partial charge is 0.316 e. The van der Waals surface area contributed by atoms with Crippen molar-refractivity contribution >= 4 is 35.0 Å². The van der Waals surface area contributed by atoms with E-state index in [1.165, 1.54) is 0 Å². The molecule has 1 unspecified atom stereocenters. The topological polar surface area (TPSA) is 43.4 Å². The second kappa shape index (κ2) is 10.8. The van der Waals surface area contributed by atoms with Gasteiger partial charge in [0.05, 0.1) is 6.61 Å². The number of ketones is 1. The zero-order valence-corrected chi connectivity index (χ0v) is 11.7. The Bertz CT molecular complexity index is 232. The van der Waals surface area contributed by atoms with Crippen LogP contribution in [-0.4, -0.2) is 30.1 Å². The third-order valence-corrected chi connectivity index (χ3v) is 2.93. The van der Waals surface area contributed by atoms with Gasteiger partial charge in [-0.3, -0.25) is 9.59 Å². The summed E-state index contributed by atoms with van der Waals surface area (Å²) in [4.78, 5) is 23.5. The van der Waals surface area contributed by atoms with Crippen molar-refractivity contribution in [2.45, 2.75) is 39.0 Å². The molecule has 0 aliphatic rings. The van der Waals surface area contributed by atoms with E-state index in [0.29, 0.717) is 37.6 Å². The van der Waals surface area contributed by atoms with E-state index >= 15 is 0 Å². The van der Waals surface area contributed by atoms with Gasteiger partial charge in [0.15, 0.2) is 0 Å². The highest BCUT2D eigenvalue weighted by molar-refractivity contribution is 6.18. The lowest BCUT2D eigenvalue weighted by atomic mass is 9.95. The lowest BCUT2D eigenvalue weighted by Gasteiger charge is -2.13. The third-order valence-electron chi connectivity index (χ3n) is 2.39. The van der Waals surface area contributed by atoms with Crippen molar-refractivity contribution in [1.82, 2.24) is 0 Å². The largest absolute Gasteiger partial charge is 0.465 e. The maximum absolute atomic E-state index is 11.9. The summed E-state index contributed by atoms with van der Waals surface area (Å²) in [6.07, 6.45) is 3.02. The molecule has 0 saturated heterocycles. The van der Waals surface area contributed by atoms with E-state index in [1.54, 1.807) is 6.92 Å². The number of ether oxygens (including phenoxy) is 1. The second-order valence-electron chi connectivity index (χ2n) is 3.75. The number of rotatable bonds is 10. The van der Waals surface area contributed by atoms with Crippen molar-refractivity contribution in [1.29, 1.82) is 0 Å². The Labute approximate surface area is 113 Å². The standard InChI is InChI=1S/C12H20Cl2O3/c1-2-17-12(16)10(6-5-9-14)11(15)7-3-4-8-13/h10H,2-9H2,1H3. The summed E-state index contributed by atoms with van der Waals surface area (Å²) in [5.74, 6) is -0.139. The van der Waals surface area contributed by atoms with Crippen LogP contribution >= 0.6 is 23.2 Å². The molecular weight excluding hydrogens is 263 g/mol. The molecule has 0 aromatic heterocycles. The fraction of sp³-hybridized carbons (Fsp3) is 0.833. The van der Waals surface area contributed by atoms with Gasteiger partial charge in [-0.25, -0.2) is 0 Å². The average molecular weight is 283 g/mol. The first-order valence-corrected chi connectivity index (χ1v) is 7.05. The van der Waals surface area contributed by atoms with E-state index in [-0.39, 0.29) is 5.78 Å². The molecule has 0 spiro atoms. The molecule has 0 fully saturated rings. The second-order valence-corrected chi connectivity index (χ2v) is 4.50. The predicted molar refractivity (Wildman–Crippen MR) is 69.7 cm³/mol. The first kappa shape index (κ1) is 16.7. The molecule has 17 heavy (non-hydrogen) atoms. The Morgan fingerprint density at radius 1 is 1.12 bits per heavy atom. The van der Waals surface area contributed by atoms with Crippen LogP contribution in [0, 0.1) is 5.92 Å². The predicted octanol–water partition coefficient (Wildman–Crippen LogP) is 3.16. The summed E-state index contributed by atoms with van der Waals surface area (Å²) < 4.78 is 4.90. The highest BCUT2D eigenvalue weighted by Crippen LogP contribution is 2.15. The van der Waals surface area contributed by atoms with Crippen molar-refractivity contribution in [2.75, 3.05) is 18.4 Å². The van der Waals surface area contributed by atoms with Crippen LogP contribution in [0.3, 0.4) is 0 Å². The lowest BCUT2D eigenvalue weighted by Crippen LogP contribution is -2.26. The number of carbonyl (C=O) groups is 2. The van der Waals surface area contributed by atoms with Gasteiger partial charge in [-0.15, -0.1) is 23.2 Å². The highest BCUT2D eigenvalue weighted by atomic mass is 35.5. The molecule has 0 rings (SSSR count). The quantitative estimate of drug-likeness (QED) is 0.268. The molecule has 0 saturated carbocycles. The summed E-state index contributed by atoms with van der Waals surface area (Å²) in [5.41, 5.74) is 0. The molecule has 0 aromatic carbocycles. The highest BCUT2D eigenvalue weighted by Gasteiger charge is 2.26. The van der Waals surface area contributed by atoms with Crippen LogP contribution in [0.2, 0.25) is 0 Å². The normalized spacial score (nSPS) is 12.2. The van der Waals surface area contributed by atoms with E-state index < -0.39 is 11.9 Å². The molecule has 100 valence electrons. The first-order chi connectivity index (χ1) is 8.17. The Balaban J connectivity index is 4.23. The van der Waals surface area contributed by atoms with Crippen molar-refractivity contribution in [3.63, 3.8) is 0 Å². The van der Waals surface area contributed by atoms with Gasteiger partial charge in [0.2, 0.25) is 0 Å². The van der Waals surface area contributed by atoms with E-state index in [9.17, 15) is 9.59 Å². The first-order valence-electron chi connectivity index (χ1n) is 5.98. The van der Waals surface area contributed by atoms with Crippen molar-refractivity contribution in [2.24, 2.45) is 5.92 Å². The summed E-state index contributed by atoms with van der Waals surface area (Å²) in [6, 6.07) is 0. The lowest BCUT2D eigenvalue weighted by molar-refractivity contribution is -0.151. The third kappa shape index (κ3) is 7.61. The van der Waals surface area contributed by atoms with Crippen LogP contribution in [0.4, 0.5) is 0 Å². The molecular formula is C12H20Cl2O3. The minimum atomic E-state index is -0.649.